The quantitative estimate of drug-likeness (QED) is 0.843. The van der Waals surface area contributed by atoms with E-state index in [1.165, 1.54) is 0 Å². The van der Waals surface area contributed by atoms with Crippen LogP contribution in [0.3, 0.4) is 0 Å². The van der Waals surface area contributed by atoms with Crippen LogP contribution in [-0.4, -0.2) is 11.8 Å². The molecule has 0 spiro atoms. The minimum absolute atomic E-state index is 0.240. The molecular weight excluding hydrogens is 323 g/mol. The van der Waals surface area contributed by atoms with E-state index in [0.717, 1.165) is 11.1 Å². The molecule has 2 rings (SSSR count). The number of rotatable bonds is 4. The van der Waals surface area contributed by atoms with E-state index in [4.69, 9.17) is 23.2 Å². The van der Waals surface area contributed by atoms with Gasteiger partial charge in [0.15, 0.2) is 0 Å². The average molecular weight is 337 g/mol. The Bertz CT molecular complexity index is 630. The monoisotopic (exact) mass is 336 g/mol. The molecule has 6 heteroatoms. The highest BCUT2D eigenvalue weighted by Gasteiger charge is 2.12. The summed E-state index contributed by atoms with van der Waals surface area (Å²) in [6.45, 7) is 0.480. The lowest BCUT2D eigenvalue weighted by Gasteiger charge is -2.07. The van der Waals surface area contributed by atoms with Gasteiger partial charge in [0.05, 0.1) is 0 Å². The maximum absolute atomic E-state index is 11.7. The second-order valence-corrected chi connectivity index (χ2v) is 5.50. The summed E-state index contributed by atoms with van der Waals surface area (Å²) in [6.07, 6.45) is 0. The molecule has 4 nitrogen and oxygen atoms in total. The van der Waals surface area contributed by atoms with E-state index in [1.807, 2.05) is 12.1 Å². The predicted molar refractivity (Wildman–Crippen MR) is 86.6 cm³/mol. The molecule has 0 aromatic heterocycles. The van der Waals surface area contributed by atoms with E-state index < -0.39 is 11.8 Å². The van der Waals surface area contributed by atoms with E-state index in [0.29, 0.717) is 10.0 Å². The lowest BCUT2D eigenvalue weighted by Crippen LogP contribution is -2.39. The molecule has 2 aromatic rings. The molecule has 2 amide bonds. The zero-order valence-corrected chi connectivity index (χ0v) is 13.1. The van der Waals surface area contributed by atoms with E-state index in [-0.39, 0.29) is 13.1 Å². The average Bonchev–Trinajstić information content (AvgIpc) is 2.50. The molecule has 0 aliphatic rings. The number of hydrogen-bond donors (Lipinski definition) is 2. The first-order valence-corrected chi connectivity index (χ1v) is 7.35. The molecule has 0 aliphatic heterocycles. The molecule has 2 N–H and O–H groups in total. The summed E-state index contributed by atoms with van der Waals surface area (Å²) in [5.74, 6) is -1.39. The molecular formula is C16H14Cl2N2O2. The number of benzene rings is 2. The summed E-state index contributed by atoms with van der Waals surface area (Å²) in [5, 5.41) is 6.24. The Morgan fingerprint density at radius 2 is 1.18 bits per heavy atom. The van der Waals surface area contributed by atoms with Gasteiger partial charge in [0, 0.05) is 23.1 Å². The van der Waals surface area contributed by atoms with Crippen LogP contribution in [0, 0.1) is 0 Å². The maximum Gasteiger partial charge on any atom is 0.309 e. The van der Waals surface area contributed by atoms with Crippen molar-refractivity contribution in [1.82, 2.24) is 10.6 Å². The second kappa shape index (κ2) is 7.82. The summed E-state index contributed by atoms with van der Waals surface area (Å²) < 4.78 is 0. The standard InChI is InChI=1S/C16H14Cl2N2O2/c17-13-5-1-3-11(7-13)9-19-15(21)16(22)20-10-12-4-2-6-14(18)8-12/h1-8H,9-10H2,(H,19,21)(H,20,22). The molecule has 114 valence electrons. The van der Waals surface area contributed by atoms with Crippen LogP contribution in [-0.2, 0) is 22.7 Å². The Kier molecular flexibility index (Phi) is 5.81. The SMILES string of the molecule is O=C(NCc1cccc(Cl)c1)C(=O)NCc1cccc(Cl)c1. The van der Waals surface area contributed by atoms with Gasteiger partial charge in [-0.15, -0.1) is 0 Å². The van der Waals surface area contributed by atoms with E-state index in [2.05, 4.69) is 10.6 Å². The van der Waals surface area contributed by atoms with Crippen molar-refractivity contribution >= 4 is 35.0 Å². The van der Waals surface area contributed by atoms with Crippen molar-refractivity contribution < 1.29 is 9.59 Å². The fraction of sp³-hybridized carbons (Fsp3) is 0.125. The van der Waals surface area contributed by atoms with Crippen LogP contribution in [0.5, 0.6) is 0 Å². The van der Waals surface area contributed by atoms with E-state index in [1.54, 1.807) is 36.4 Å². The van der Waals surface area contributed by atoms with Crippen molar-refractivity contribution in [2.45, 2.75) is 13.1 Å². The van der Waals surface area contributed by atoms with Gasteiger partial charge in [-0.1, -0.05) is 47.5 Å². The highest BCUT2D eigenvalue weighted by atomic mass is 35.5. The molecule has 0 unspecified atom stereocenters. The van der Waals surface area contributed by atoms with Gasteiger partial charge < -0.3 is 10.6 Å². The van der Waals surface area contributed by atoms with Crippen LogP contribution < -0.4 is 10.6 Å². The summed E-state index contributed by atoms with van der Waals surface area (Å²) >= 11 is 11.7. The van der Waals surface area contributed by atoms with Crippen LogP contribution in [0.4, 0.5) is 0 Å². The first-order valence-electron chi connectivity index (χ1n) is 6.59. The van der Waals surface area contributed by atoms with Crippen molar-refractivity contribution in [1.29, 1.82) is 0 Å². The van der Waals surface area contributed by atoms with Crippen LogP contribution in [0.25, 0.3) is 0 Å². The zero-order chi connectivity index (χ0) is 15.9. The fourth-order valence-corrected chi connectivity index (χ4v) is 2.24. The Labute approximate surface area is 138 Å². The van der Waals surface area contributed by atoms with E-state index >= 15 is 0 Å². The van der Waals surface area contributed by atoms with Crippen molar-refractivity contribution in [3.63, 3.8) is 0 Å². The molecule has 0 radical (unpaired) electrons. The Morgan fingerprint density at radius 3 is 1.55 bits per heavy atom. The number of amides is 2. The van der Waals surface area contributed by atoms with Gasteiger partial charge in [0.1, 0.15) is 0 Å². The number of nitrogens with one attached hydrogen (secondary N) is 2. The van der Waals surface area contributed by atoms with Gasteiger partial charge in [-0.05, 0) is 35.4 Å². The fourth-order valence-electron chi connectivity index (χ4n) is 1.82. The van der Waals surface area contributed by atoms with Gasteiger partial charge in [0.25, 0.3) is 0 Å². The predicted octanol–water partition coefficient (Wildman–Crippen LogP) is 2.93. The van der Waals surface area contributed by atoms with Crippen molar-refractivity contribution in [2.24, 2.45) is 0 Å². The zero-order valence-electron chi connectivity index (χ0n) is 11.6. The lowest BCUT2D eigenvalue weighted by molar-refractivity contribution is -0.139. The summed E-state index contributed by atoms with van der Waals surface area (Å²) in [7, 11) is 0. The third-order valence-corrected chi connectivity index (χ3v) is 3.36. The molecule has 0 aliphatic carbocycles. The molecule has 0 atom stereocenters. The number of carbonyl (C=O) groups is 2. The van der Waals surface area contributed by atoms with Gasteiger partial charge in [-0.25, -0.2) is 0 Å². The Morgan fingerprint density at radius 1 is 0.773 bits per heavy atom. The van der Waals surface area contributed by atoms with Crippen molar-refractivity contribution in [2.75, 3.05) is 0 Å². The summed E-state index contributed by atoms with van der Waals surface area (Å²) in [6, 6.07) is 14.1. The van der Waals surface area contributed by atoms with Gasteiger partial charge >= 0.3 is 11.8 Å². The maximum atomic E-state index is 11.7. The largest absolute Gasteiger partial charge is 0.344 e. The number of carbonyl (C=O) groups excluding carboxylic acids is 2. The van der Waals surface area contributed by atoms with Crippen molar-refractivity contribution in [3.05, 3.63) is 69.7 Å². The van der Waals surface area contributed by atoms with Crippen molar-refractivity contribution in [3.8, 4) is 0 Å². The first-order chi connectivity index (χ1) is 10.5. The number of hydrogen-bond acceptors (Lipinski definition) is 2. The van der Waals surface area contributed by atoms with Gasteiger partial charge in [-0.3, -0.25) is 9.59 Å². The molecule has 0 saturated heterocycles. The van der Waals surface area contributed by atoms with Crippen LogP contribution >= 0.6 is 23.2 Å². The Balaban J connectivity index is 1.81. The molecule has 0 heterocycles. The third-order valence-electron chi connectivity index (χ3n) is 2.89. The molecule has 0 bridgehead atoms. The second-order valence-electron chi connectivity index (χ2n) is 4.63. The smallest absolute Gasteiger partial charge is 0.309 e. The number of halogens is 2. The molecule has 2 aromatic carbocycles. The lowest BCUT2D eigenvalue weighted by atomic mass is 10.2. The molecule has 22 heavy (non-hydrogen) atoms. The minimum atomic E-state index is -0.693. The highest BCUT2D eigenvalue weighted by molar-refractivity contribution is 6.35. The van der Waals surface area contributed by atoms with E-state index in [9.17, 15) is 9.59 Å². The summed E-state index contributed by atoms with van der Waals surface area (Å²) in [4.78, 5) is 23.4. The molecule has 0 fully saturated rings. The van der Waals surface area contributed by atoms with Crippen LogP contribution in [0.1, 0.15) is 11.1 Å². The molecule has 0 saturated carbocycles. The third kappa shape index (κ3) is 5.06. The van der Waals surface area contributed by atoms with Gasteiger partial charge in [0.2, 0.25) is 0 Å². The normalized spacial score (nSPS) is 10.1. The topological polar surface area (TPSA) is 58.2 Å². The highest BCUT2D eigenvalue weighted by Crippen LogP contribution is 2.11. The Hall–Kier alpha value is -2.04. The van der Waals surface area contributed by atoms with Gasteiger partial charge in [-0.2, -0.15) is 0 Å². The van der Waals surface area contributed by atoms with Crippen LogP contribution in [0.2, 0.25) is 10.0 Å². The van der Waals surface area contributed by atoms with Crippen LogP contribution in [0.15, 0.2) is 48.5 Å². The summed E-state index contributed by atoms with van der Waals surface area (Å²) in [5.41, 5.74) is 1.65. The minimum Gasteiger partial charge on any atom is -0.344 e. The first kappa shape index (κ1) is 16.3.